The fourth-order valence-electron chi connectivity index (χ4n) is 2.47. The van der Waals surface area contributed by atoms with Gasteiger partial charge in [-0.1, -0.05) is 0 Å². The molecule has 26 heavy (non-hydrogen) atoms. The minimum atomic E-state index is -0.839. The van der Waals surface area contributed by atoms with Crippen LogP contribution in [-0.2, 0) is 0 Å². The molecule has 3 aromatic rings. The number of halogens is 1. The summed E-state index contributed by atoms with van der Waals surface area (Å²) in [6, 6.07) is 11.7. The summed E-state index contributed by atoms with van der Waals surface area (Å²) in [6.07, 6.45) is 0.708. The van der Waals surface area contributed by atoms with Crippen molar-refractivity contribution in [1.29, 1.82) is 0 Å². The van der Waals surface area contributed by atoms with Crippen LogP contribution in [0.2, 0.25) is 0 Å². The van der Waals surface area contributed by atoms with Gasteiger partial charge < -0.3 is 15.2 Å². The average molecular weight is 357 g/mol. The Morgan fingerprint density at radius 3 is 2.73 bits per heavy atom. The molecule has 0 saturated heterocycles. The number of aliphatic hydroxyl groups is 1. The lowest BCUT2D eigenvalue weighted by atomic mass is 10.1. The first-order valence-corrected chi connectivity index (χ1v) is 7.87. The Balaban J connectivity index is 1.65. The molecule has 0 spiro atoms. The second-order valence-electron chi connectivity index (χ2n) is 5.59. The number of nitrogens with one attached hydrogen (secondary N) is 1. The Kier molecular flexibility index (Phi) is 5.23. The normalized spacial score (nSPS) is 11.9. The number of nitro benzene ring substituents is 1. The summed E-state index contributed by atoms with van der Waals surface area (Å²) in [5.41, 5.74) is 0.999. The lowest BCUT2D eigenvalue weighted by Gasteiger charge is -2.15. The van der Waals surface area contributed by atoms with Gasteiger partial charge in [-0.05, 0) is 42.5 Å². The van der Waals surface area contributed by atoms with Crippen molar-refractivity contribution >= 4 is 22.3 Å². The number of hydrogen-bond donors (Lipinski definition) is 2. The molecule has 2 aromatic carbocycles. The smallest absolute Gasteiger partial charge is 0.278 e. The van der Waals surface area contributed by atoms with E-state index in [-0.39, 0.29) is 24.7 Å². The van der Waals surface area contributed by atoms with Crippen molar-refractivity contribution in [3.8, 4) is 5.75 Å². The minimum absolute atomic E-state index is 0.0109. The van der Waals surface area contributed by atoms with Crippen molar-refractivity contribution in [3.05, 3.63) is 70.7 Å². The van der Waals surface area contributed by atoms with Gasteiger partial charge in [0, 0.05) is 18.8 Å². The van der Waals surface area contributed by atoms with Crippen molar-refractivity contribution in [3.63, 3.8) is 0 Å². The number of pyridine rings is 1. The van der Waals surface area contributed by atoms with Crippen LogP contribution in [0.15, 0.2) is 54.7 Å². The van der Waals surface area contributed by atoms with Crippen LogP contribution in [0.25, 0.3) is 10.9 Å². The van der Waals surface area contributed by atoms with E-state index in [1.807, 2.05) is 0 Å². The molecule has 0 aliphatic carbocycles. The van der Waals surface area contributed by atoms with E-state index in [1.54, 1.807) is 24.4 Å². The van der Waals surface area contributed by atoms with Gasteiger partial charge in [-0.2, -0.15) is 0 Å². The zero-order valence-electron chi connectivity index (χ0n) is 13.6. The van der Waals surface area contributed by atoms with Crippen molar-refractivity contribution in [2.45, 2.75) is 6.10 Å². The lowest BCUT2D eigenvalue weighted by Crippen LogP contribution is -2.26. The molecule has 1 heterocycles. The number of ether oxygens (including phenoxy) is 1. The van der Waals surface area contributed by atoms with Gasteiger partial charge in [0.25, 0.3) is 5.69 Å². The van der Waals surface area contributed by atoms with Gasteiger partial charge >= 0.3 is 0 Å². The molecule has 0 fully saturated rings. The zero-order valence-corrected chi connectivity index (χ0v) is 13.6. The number of aliphatic hydroxyl groups excluding tert-OH is 1. The number of rotatable bonds is 7. The highest BCUT2D eigenvalue weighted by atomic mass is 19.1. The second-order valence-corrected chi connectivity index (χ2v) is 5.59. The van der Waals surface area contributed by atoms with Crippen molar-refractivity contribution in [1.82, 2.24) is 4.98 Å². The molecule has 0 amide bonds. The number of benzene rings is 2. The summed E-state index contributed by atoms with van der Waals surface area (Å²) < 4.78 is 18.2. The number of anilines is 1. The van der Waals surface area contributed by atoms with Gasteiger partial charge in [0.2, 0.25) is 0 Å². The molecule has 1 unspecified atom stereocenters. The van der Waals surface area contributed by atoms with Gasteiger partial charge in [0.05, 0.1) is 16.0 Å². The number of fused-ring (bicyclic) bond motifs is 1. The number of hydrogen-bond acceptors (Lipinski definition) is 6. The highest BCUT2D eigenvalue weighted by molar-refractivity contribution is 5.96. The van der Waals surface area contributed by atoms with Crippen LogP contribution in [0.3, 0.4) is 0 Å². The van der Waals surface area contributed by atoms with E-state index in [2.05, 4.69) is 10.3 Å². The van der Waals surface area contributed by atoms with Gasteiger partial charge in [0.15, 0.2) is 0 Å². The van der Waals surface area contributed by atoms with E-state index in [1.165, 1.54) is 30.3 Å². The molecule has 0 aliphatic rings. The predicted octanol–water partition coefficient (Wildman–Crippen LogP) is 3.13. The third-order valence-corrected chi connectivity index (χ3v) is 3.73. The molecule has 3 rings (SSSR count). The highest BCUT2D eigenvalue weighted by Gasteiger charge is 2.15. The van der Waals surface area contributed by atoms with Crippen molar-refractivity contribution in [2.24, 2.45) is 0 Å². The Morgan fingerprint density at radius 1 is 1.23 bits per heavy atom. The molecular formula is C18H16FN3O4. The largest absolute Gasteiger partial charge is 0.491 e. The van der Waals surface area contributed by atoms with Gasteiger partial charge in [0.1, 0.15) is 29.8 Å². The fraction of sp³-hybridized carbons (Fsp3) is 0.167. The fourth-order valence-corrected chi connectivity index (χ4v) is 2.47. The van der Waals surface area contributed by atoms with Crippen LogP contribution < -0.4 is 10.1 Å². The maximum Gasteiger partial charge on any atom is 0.278 e. The summed E-state index contributed by atoms with van der Waals surface area (Å²) in [7, 11) is 0. The molecule has 8 heteroatoms. The third kappa shape index (κ3) is 4.04. The quantitative estimate of drug-likeness (QED) is 0.498. The molecule has 0 bridgehead atoms. The monoisotopic (exact) mass is 357 g/mol. The lowest BCUT2D eigenvalue weighted by molar-refractivity contribution is -0.383. The molecule has 2 N–H and O–H groups in total. The minimum Gasteiger partial charge on any atom is -0.491 e. The van der Waals surface area contributed by atoms with Crippen LogP contribution in [0.1, 0.15) is 0 Å². The summed E-state index contributed by atoms with van der Waals surface area (Å²) in [5.74, 6) is 0.0880. The average Bonchev–Trinajstić information content (AvgIpc) is 2.65. The third-order valence-electron chi connectivity index (χ3n) is 3.73. The van der Waals surface area contributed by atoms with E-state index in [0.717, 1.165) is 0 Å². The second kappa shape index (κ2) is 7.75. The summed E-state index contributed by atoms with van der Waals surface area (Å²) >= 11 is 0. The van der Waals surface area contributed by atoms with Crippen LogP contribution >= 0.6 is 0 Å². The zero-order chi connectivity index (χ0) is 18.5. The predicted molar refractivity (Wildman–Crippen MR) is 94.8 cm³/mol. The summed E-state index contributed by atoms with van der Waals surface area (Å²) in [6.45, 7) is 0.168. The molecule has 1 atom stereocenters. The number of nitrogens with zero attached hydrogens (tertiary/aromatic N) is 2. The van der Waals surface area contributed by atoms with Gasteiger partial charge in [-0.25, -0.2) is 4.39 Å². The van der Waals surface area contributed by atoms with E-state index >= 15 is 0 Å². The number of aromatic nitrogens is 1. The van der Waals surface area contributed by atoms with Crippen LogP contribution in [0, 0.1) is 15.9 Å². The Hall–Kier alpha value is -3.26. The summed E-state index contributed by atoms with van der Waals surface area (Å²) in [4.78, 5) is 14.8. The Morgan fingerprint density at radius 2 is 2.00 bits per heavy atom. The van der Waals surface area contributed by atoms with E-state index in [9.17, 15) is 19.6 Å². The van der Waals surface area contributed by atoms with Crippen molar-refractivity contribution in [2.75, 3.05) is 18.5 Å². The molecular weight excluding hydrogens is 341 g/mol. The molecule has 0 saturated carbocycles. The first kappa shape index (κ1) is 17.6. The first-order chi connectivity index (χ1) is 12.5. The first-order valence-electron chi connectivity index (χ1n) is 7.87. The maximum atomic E-state index is 12.8. The number of non-ortho nitro benzene ring substituents is 1. The molecule has 134 valence electrons. The highest BCUT2D eigenvalue weighted by Crippen LogP contribution is 2.29. The number of nitro groups is 1. The van der Waals surface area contributed by atoms with Gasteiger partial charge in [-0.3, -0.25) is 15.1 Å². The maximum absolute atomic E-state index is 12.8. The Bertz CT molecular complexity index is 918. The van der Waals surface area contributed by atoms with Gasteiger partial charge in [-0.15, -0.1) is 0 Å². The van der Waals surface area contributed by atoms with Crippen LogP contribution in [0.5, 0.6) is 5.75 Å². The SMILES string of the molecule is O=[N+]([O-])c1ccc(NCC(O)COc2ccc(F)cc2)c2ncccc12. The van der Waals surface area contributed by atoms with Crippen LogP contribution in [-0.4, -0.2) is 34.3 Å². The summed E-state index contributed by atoms with van der Waals surface area (Å²) in [5, 5.41) is 24.6. The molecule has 0 radical (unpaired) electrons. The standard InChI is InChI=1S/C18H16FN3O4/c19-12-3-5-14(6-4-12)26-11-13(23)10-21-16-7-8-17(22(24)25)15-2-1-9-20-18(15)16/h1-9,13,21,23H,10-11H2. The molecule has 1 aromatic heterocycles. The van der Waals surface area contributed by atoms with Crippen LogP contribution in [0.4, 0.5) is 15.8 Å². The van der Waals surface area contributed by atoms with E-state index in [4.69, 9.17) is 4.74 Å². The van der Waals surface area contributed by atoms with E-state index in [0.29, 0.717) is 22.3 Å². The Labute approximate surface area is 148 Å². The topological polar surface area (TPSA) is 97.5 Å². The molecule has 7 nitrogen and oxygen atoms in total. The van der Waals surface area contributed by atoms with Crippen molar-refractivity contribution < 1.29 is 19.2 Å². The van der Waals surface area contributed by atoms with E-state index < -0.39 is 11.0 Å². The molecule has 0 aliphatic heterocycles.